The number of carboxylic acid groups (broad SMARTS) is 1. The number of aromatic nitrogens is 3. The van der Waals surface area contributed by atoms with Crippen molar-refractivity contribution < 1.29 is 19.4 Å². The molecule has 9 nitrogen and oxygen atoms in total. The SMILES string of the molecule is CCN(C(=O)O)c1nn(C(c2ccccc2)(c2ccccc2)c2ccccc2)c2cc(NC(=O)OCc3ccccc3)ncc12. The van der Waals surface area contributed by atoms with Crippen LogP contribution >= 0.6 is 0 Å². The van der Waals surface area contributed by atoms with Crippen molar-refractivity contribution in [3.05, 3.63) is 156 Å². The van der Waals surface area contributed by atoms with E-state index in [4.69, 9.17) is 9.84 Å². The molecular weight excluding hydrogens is 566 g/mol. The van der Waals surface area contributed by atoms with Crippen LogP contribution in [0, 0.1) is 0 Å². The number of nitrogens with one attached hydrogen (secondary N) is 1. The van der Waals surface area contributed by atoms with Gasteiger partial charge >= 0.3 is 12.2 Å². The zero-order valence-corrected chi connectivity index (χ0v) is 24.6. The fourth-order valence-corrected chi connectivity index (χ4v) is 5.66. The topological polar surface area (TPSA) is 110 Å². The summed E-state index contributed by atoms with van der Waals surface area (Å²) in [5, 5.41) is 18.5. The van der Waals surface area contributed by atoms with Crippen LogP contribution in [0.5, 0.6) is 0 Å². The van der Waals surface area contributed by atoms with E-state index >= 15 is 0 Å². The summed E-state index contributed by atoms with van der Waals surface area (Å²) in [6.45, 7) is 2.02. The van der Waals surface area contributed by atoms with Gasteiger partial charge in [-0.1, -0.05) is 121 Å². The molecule has 0 bridgehead atoms. The molecule has 2 amide bonds. The molecule has 6 rings (SSSR count). The van der Waals surface area contributed by atoms with Crippen LogP contribution in [0.3, 0.4) is 0 Å². The molecule has 0 aliphatic rings. The summed E-state index contributed by atoms with van der Waals surface area (Å²) in [7, 11) is 0. The summed E-state index contributed by atoms with van der Waals surface area (Å²) in [5.74, 6) is 0.465. The Hall–Kier alpha value is -5.96. The Kier molecular flexibility index (Phi) is 8.24. The van der Waals surface area contributed by atoms with Gasteiger partial charge in [-0.25, -0.2) is 19.3 Å². The number of hydrogen-bond acceptors (Lipinski definition) is 5. The van der Waals surface area contributed by atoms with E-state index in [1.807, 2.05) is 126 Å². The number of ether oxygens (including phenoxy) is 1. The second kappa shape index (κ2) is 12.7. The first kappa shape index (κ1) is 29.1. The van der Waals surface area contributed by atoms with Crippen molar-refractivity contribution in [2.75, 3.05) is 16.8 Å². The summed E-state index contributed by atoms with van der Waals surface area (Å²) in [4.78, 5) is 30.9. The van der Waals surface area contributed by atoms with Gasteiger partial charge in [0.15, 0.2) is 5.82 Å². The zero-order chi connectivity index (χ0) is 31.2. The molecule has 2 N–H and O–H groups in total. The molecule has 0 radical (unpaired) electrons. The van der Waals surface area contributed by atoms with Crippen molar-refractivity contribution in [2.45, 2.75) is 19.1 Å². The molecule has 224 valence electrons. The normalized spacial score (nSPS) is 11.2. The Balaban J connectivity index is 1.58. The number of rotatable bonds is 9. The quantitative estimate of drug-likeness (QED) is 0.167. The molecule has 2 aromatic heterocycles. The van der Waals surface area contributed by atoms with Gasteiger partial charge in [0, 0.05) is 18.8 Å². The maximum Gasteiger partial charge on any atom is 0.413 e. The Morgan fingerprint density at radius 2 is 1.33 bits per heavy atom. The summed E-state index contributed by atoms with van der Waals surface area (Å²) < 4.78 is 7.28. The second-order valence-corrected chi connectivity index (χ2v) is 10.3. The fourth-order valence-electron chi connectivity index (χ4n) is 5.66. The van der Waals surface area contributed by atoms with Gasteiger partial charge in [-0.05, 0) is 29.2 Å². The first-order valence-electron chi connectivity index (χ1n) is 14.6. The van der Waals surface area contributed by atoms with Gasteiger partial charge in [0.2, 0.25) is 0 Å². The van der Waals surface area contributed by atoms with Crippen molar-refractivity contribution >= 4 is 34.7 Å². The van der Waals surface area contributed by atoms with Gasteiger partial charge in [0.25, 0.3) is 0 Å². The van der Waals surface area contributed by atoms with Gasteiger partial charge in [-0.3, -0.25) is 10.2 Å². The van der Waals surface area contributed by atoms with E-state index in [-0.39, 0.29) is 24.8 Å². The summed E-state index contributed by atoms with van der Waals surface area (Å²) in [6, 6.07) is 40.9. The van der Waals surface area contributed by atoms with E-state index in [1.54, 1.807) is 13.0 Å². The Morgan fingerprint density at radius 1 is 0.822 bits per heavy atom. The lowest BCUT2D eigenvalue weighted by Gasteiger charge is -2.37. The summed E-state index contributed by atoms with van der Waals surface area (Å²) in [5.41, 5.74) is 3.10. The van der Waals surface area contributed by atoms with E-state index in [1.165, 1.54) is 11.1 Å². The monoisotopic (exact) mass is 597 g/mol. The highest BCUT2D eigenvalue weighted by molar-refractivity contribution is 6.00. The highest BCUT2D eigenvalue weighted by Crippen LogP contribution is 2.44. The molecule has 0 aliphatic carbocycles. The third-order valence-corrected chi connectivity index (χ3v) is 7.68. The predicted octanol–water partition coefficient (Wildman–Crippen LogP) is 7.52. The van der Waals surface area contributed by atoms with Crippen LogP contribution in [0.1, 0.15) is 29.2 Å². The molecule has 9 heteroatoms. The number of hydrogen-bond donors (Lipinski definition) is 2. The van der Waals surface area contributed by atoms with E-state index in [9.17, 15) is 14.7 Å². The van der Waals surface area contributed by atoms with Gasteiger partial charge in [-0.2, -0.15) is 5.10 Å². The molecule has 6 aromatic rings. The number of fused-ring (bicyclic) bond motifs is 1. The molecule has 0 saturated heterocycles. The lowest BCUT2D eigenvalue weighted by atomic mass is 9.77. The van der Waals surface area contributed by atoms with Crippen molar-refractivity contribution in [1.29, 1.82) is 0 Å². The zero-order valence-electron chi connectivity index (χ0n) is 24.6. The van der Waals surface area contributed by atoms with E-state index in [2.05, 4.69) is 10.3 Å². The first-order chi connectivity index (χ1) is 22.0. The van der Waals surface area contributed by atoms with Gasteiger partial charge in [0.1, 0.15) is 18.0 Å². The van der Waals surface area contributed by atoms with Gasteiger partial charge in [0.05, 0.1) is 10.9 Å². The van der Waals surface area contributed by atoms with Crippen LogP contribution in [-0.2, 0) is 16.9 Å². The fraction of sp³-hybridized carbons (Fsp3) is 0.111. The van der Waals surface area contributed by atoms with Gasteiger partial charge < -0.3 is 9.84 Å². The molecule has 4 aromatic carbocycles. The van der Waals surface area contributed by atoms with Crippen molar-refractivity contribution in [3.8, 4) is 0 Å². The molecule has 0 fully saturated rings. The molecule has 0 aliphatic heterocycles. The summed E-state index contributed by atoms with van der Waals surface area (Å²) >= 11 is 0. The standard InChI is InChI=1S/C36H31N5O4/c1-2-40(35(43)44)33-30-24-37-32(38-34(42)45-25-26-15-7-3-8-16-26)23-31(30)41(39-33)36(27-17-9-4-10-18-27,28-19-11-5-12-20-28)29-21-13-6-14-22-29/h3-24H,2,25H2,1H3,(H,43,44)(H,37,38,42). The molecule has 0 saturated carbocycles. The lowest BCUT2D eigenvalue weighted by Crippen LogP contribution is -2.39. The number of carbonyl (C=O) groups excluding carboxylic acids is 1. The second-order valence-electron chi connectivity index (χ2n) is 10.3. The van der Waals surface area contributed by atoms with Crippen LogP contribution < -0.4 is 10.2 Å². The predicted molar refractivity (Wildman–Crippen MR) is 173 cm³/mol. The van der Waals surface area contributed by atoms with Crippen molar-refractivity contribution in [3.63, 3.8) is 0 Å². The third-order valence-electron chi connectivity index (χ3n) is 7.68. The number of carbonyl (C=O) groups is 2. The molecular formula is C36H31N5O4. The minimum atomic E-state index is -1.14. The molecule has 45 heavy (non-hydrogen) atoms. The molecule has 0 atom stereocenters. The van der Waals surface area contributed by atoms with E-state index in [0.29, 0.717) is 10.9 Å². The average molecular weight is 598 g/mol. The van der Waals surface area contributed by atoms with Crippen LogP contribution in [0.15, 0.2) is 134 Å². The highest BCUT2D eigenvalue weighted by Gasteiger charge is 2.41. The first-order valence-corrected chi connectivity index (χ1v) is 14.6. The van der Waals surface area contributed by atoms with Crippen LogP contribution in [0.25, 0.3) is 10.9 Å². The largest absolute Gasteiger partial charge is 0.465 e. The lowest BCUT2D eigenvalue weighted by molar-refractivity contribution is 0.155. The molecule has 2 heterocycles. The number of benzene rings is 4. The molecule has 0 spiro atoms. The van der Waals surface area contributed by atoms with Crippen LogP contribution in [-0.4, -0.2) is 38.6 Å². The minimum absolute atomic E-state index is 0.0974. The maximum atomic E-state index is 12.8. The van der Waals surface area contributed by atoms with E-state index < -0.39 is 17.7 Å². The highest BCUT2D eigenvalue weighted by atomic mass is 16.5. The number of pyridine rings is 1. The Morgan fingerprint density at radius 3 is 1.82 bits per heavy atom. The Bertz CT molecular complexity index is 1820. The average Bonchev–Trinajstić information content (AvgIpc) is 3.45. The minimum Gasteiger partial charge on any atom is -0.465 e. The third kappa shape index (κ3) is 5.59. The maximum absolute atomic E-state index is 12.8. The smallest absolute Gasteiger partial charge is 0.413 e. The van der Waals surface area contributed by atoms with Crippen LogP contribution in [0.2, 0.25) is 0 Å². The van der Waals surface area contributed by atoms with Crippen molar-refractivity contribution in [2.24, 2.45) is 0 Å². The molecule has 0 unspecified atom stereocenters. The summed E-state index contributed by atoms with van der Waals surface area (Å²) in [6.07, 6.45) is -0.267. The number of amides is 2. The number of anilines is 2. The van der Waals surface area contributed by atoms with Crippen molar-refractivity contribution in [1.82, 2.24) is 14.8 Å². The number of nitrogens with zero attached hydrogens (tertiary/aromatic N) is 4. The van der Waals surface area contributed by atoms with Crippen LogP contribution in [0.4, 0.5) is 21.2 Å². The van der Waals surface area contributed by atoms with Gasteiger partial charge in [-0.15, -0.1) is 0 Å². The van der Waals surface area contributed by atoms with E-state index in [0.717, 1.165) is 22.3 Å². The Labute approximate surface area is 260 Å².